The van der Waals surface area contributed by atoms with E-state index in [1.54, 1.807) is 14.0 Å². The van der Waals surface area contributed by atoms with E-state index in [0.717, 1.165) is 17.7 Å². The SMILES string of the molecule is C[C@@H](C(=O)Nc1ccc(C(F)(F)F)cc1)N(C)Cc1ccc2c(c1)OCO2. The molecule has 5 nitrogen and oxygen atoms in total. The Hall–Kier alpha value is -2.74. The molecule has 0 saturated carbocycles. The molecule has 8 heteroatoms. The molecule has 0 bridgehead atoms. The minimum atomic E-state index is -4.40. The van der Waals surface area contributed by atoms with Gasteiger partial charge < -0.3 is 14.8 Å². The number of carbonyl (C=O) groups excluding carboxylic acids is 1. The normalized spacial score (nSPS) is 14.3. The lowest BCUT2D eigenvalue weighted by atomic mass is 10.1. The number of alkyl halides is 3. The van der Waals surface area contributed by atoms with Crippen LogP contribution in [-0.4, -0.2) is 30.7 Å². The lowest BCUT2D eigenvalue weighted by molar-refractivity contribution is -0.137. The van der Waals surface area contributed by atoms with E-state index in [2.05, 4.69) is 5.32 Å². The molecular weight excluding hydrogens is 361 g/mol. The highest BCUT2D eigenvalue weighted by molar-refractivity contribution is 5.94. The number of nitrogens with one attached hydrogen (secondary N) is 1. The summed E-state index contributed by atoms with van der Waals surface area (Å²) in [5, 5.41) is 2.64. The number of rotatable bonds is 5. The largest absolute Gasteiger partial charge is 0.454 e. The molecule has 0 fully saturated rings. The molecule has 1 N–H and O–H groups in total. The maximum absolute atomic E-state index is 12.6. The molecule has 0 saturated heterocycles. The highest BCUT2D eigenvalue weighted by atomic mass is 19.4. The van der Waals surface area contributed by atoms with Gasteiger partial charge in [0.2, 0.25) is 12.7 Å². The van der Waals surface area contributed by atoms with Crippen LogP contribution in [0.3, 0.4) is 0 Å². The molecule has 144 valence electrons. The number of halogens is 3. The first-order valence-electron chi connectivity index (χ1n) is 8.31. The molecule has 2 aromatic rings. The van der Waals surface area contributed by atoms with Crippen LogP contribution in [0.15, 0.2) is 42.5 Å². The lowest BCUT2D eigenvalue weighted by Crippen LogP contribution is -2.39. The van der Waals surface area contributed by atoms with Crippen LogP contribution in [0.1, 0.15) is 18.1 Å². The monoisotopic (exact) mass is 380 g/mol. The minimum Gasteiger partial charge on any atom is -0.454 e. The van der Waals surface area contributed by atoms with Gasteiger partial charge in [-0.3, -0.25) is 9.69 Å². The molecule has 27 heavy (non-hydrogen) atoms. The third kappa shape index (κ3) is 4.51. The fraction of sp³-hybridized carbons (Fsp3) is 0.316. The first kappa shape index (κ1) is 19.0. The van der Waals surface area contributed by atoms with Crippen molar-refractivity contribution in [3.8, 4) is 11.5 Å². The summed E-state index contributed by atoms with van der Waals surface area (Å²) in [6.45, 7) is 2.42. The molecule has 1 heterocycles. The van der Waals surface area contributed by atoms with E-state index in [1.807, 2.05) is 23.1 Å². The van der Waals surface area contributed by atoms with E-state index in [1.165, 1.54) is 12.1 Å². The molecular formula is C19H19F3N2O3. The predicted molar refractivity (Wildman–Crippen MR) is 93.6 cm³/mol. The topological polar surface area (TPSA) is 50.8 Å². The van der Waals surface area contributed by atoms with Crippen LogP contribution >= 0.6 is 0 Å². The Morgan fingerprint density at radius 1 is 1.15 bits per heavy atom. The van der Waals surface area contributed by atoms with Crippen LogP contribution in [0.2, 0.25) is 0 Å². The van der Waals surface area contributed by atoms with Crippen molar-refractivity contribution in [2.24, 2.45) is 0 Å². The van der Waals surface area contributed by atoms with Crippen LogP contribution < -0.4 is 14.8 Å². The second kappa shape index (κ2) is 7.48. The van der Waals surface area contributed by atoms with E-state index in [4.69, 9.17) is 9.47 Å². The number of hydrogen-bond donors (Lipinski definition) is 1. The van der Waals surface area contributed by atoms with Gasteiger partial charge in [0, 0.05) is 12.2 Å². The van der Waals surface area contributed by atoms with Crippen LogP contribution in [-0.2, 0) is 17.5 Å². The van der Waals surface area contributed by atoms with Crippen LogP contribution in [0, 0.1) is 0 Å². The molecule has 1 aliphatic rings. The van der Waals surface area contributed by atoms with Gasteiger partial charge in [0.05, 0.1) is 11.6 Å². The van der Waals surface area contributed by atoms with Crippen molar-refractivity contribution in [3.63, 3.8) is 0 Å². The van der Waals surface area contributed by atoms with Crippen molar-refractivity contribution in [1.82, 2.24) is 4.90 Å². The van der Waals surface area contributed by atoms with Crippen LogP contribution in [0.5, 0.6) is 11.5 Å². The Labute approximate surface area is 154 Å². The van der Waals surface area contributed by atoms with Gasteiger partial charge in [0.15, 0.2) is 11.5 Å². The quantitative estimate of drug-likeness (QED) is 0.855. The molecule has 1 aliphatic heterocycles. The van der Waals surface area contributed by atoms with Gasteiger partial charge in [-0.15, -0.1) is 0 Å². The van der Waals surface area contributed by atoms with Crippen LogP contribution in [0.25, 0.3) is 0 Å². The number of likely N-dealkylation sites (N-methyl/N-ethyl adjacent to an activating group) is 1. The second-order valence-electron chi connectivity index (χ2n) is 6.34. The zero-order valence-corrected chi connectivity index (χ0v) is 14.8. The Balaban J connectivity index is 1.59. The Morgan fingerprint density at radius 3 is 2.48 bits per heavy atom. The summed E-state index contributed by atoms with van der Waals surface area (Å²) in [5.41, 5.74) is 0.515. The molecule has 0 spiro atoms. The van der Waals surface area contributed by atoms with Gasteiger partial charge in [0.1, 0.15) is 0 Å². The average Bonchev–Trinajstić information content (AvgIpc) is 3.08. The van der Waals surface area contributed by atoms with E-state index in [0.29, 0.717) is 23.7 Å². The van der Waals surface area contributed by atoms with Gasteiger partial charge in [-0.05, 0) is 55.9 Å². The zero-order valence-electron chi connectivity index (χ0n) is 14.8. The molecule has 2 aromatic carbocycles. The summed E-state index contributed by atoms with van der Waals surface area (Å²) >= 11 is 0. The highest BCUT2D eigenvalue weighted by Crippen LogP contribution is 2.33. The number of fused-ring (bicyclic) bond motifs is 1. The molecule has 0 aromatic heterocycles. The summed E-state index contributed by atoms with van der Waals surface area (Å²) in [6.07, 6.45) is -4.40. The predicted octanol–water partition coefficient (Wildman–Crippen LogP) is 3.89. The highest BCUT2D eigenvalue weighted by Gasteiger charge is 2.30. The zero-order chi connectivity index (χ0) is 19.6. The third-order valence-electron chi connectivity index (χ3n) is 4.39. The number of ether oxygens (including phenoxy) is 2. The molecule has 1 amide bonds. The number of carbonyl (C=O) groups is 1. The molecule has 0 unspecified atom stereocenters. The van der Waals surface area contributed by atoms with Crippen molar-refractivity contribution in [2.75, 3.05) is 19.2 Å². The fourth-order valence-corrected chi connectivity index (χ4v) is 2.65. The number of anilines is 1. The smallest absolute Gasteiger partial charge is 0.416 e. The maximum Gasteiger partial charge on any atom is 0.416 e. The first-order valence-corrected chi connectivity index (χ1v) is 8.31. The van der Waals surface area contributed by atoms with Crippen LogP contribution in [0.4, 0.5) is 18.9 Å². The van der Waals surface area contributed by atoms with Crippen molar-refractivity contribution in [2.45, 2.75) is 25.7 Å². The Morgan fingerprint density at radius 2 is 1.81 bits per heavy atom. The summed E-state index contributed by atoms with van der Waals surface area (Å²) in [7, 11) is 1.79. The van der Waals surface area contributed by atoms with E-state index in [9.17, 15) is 18.0 Å². The fourth-order valence-electron chi connectivity index (χ4n) is 2.65. The van der Waals surface area contributed by atoms with E-state index in [-0.39, 0.29) is 12.7 Å². The molecule has 1 atom stereocenters. The van der Waals surface area contributed by atoms with Gasteiger partial charge in [-0.2, -0.15) is 13.2 Å². The van der Waals surface area contributed by atoms with E-state index < -0.39 is 17.8 Å². The lowest BCUT2D eigenvalue weighted by Gasteiger charge is -2.24. The molecule has 3 rings (SSSR count). The van der Waals surface area contributed by atoms with Crippen molar-refractivity contribution >= 4 is 11.6 Å². The summed E-state index contributed by atoms with van der Waals surface area (Å²) in [6, 6.07) is 9.45. The van der Waals surface area contributed by atoms with Gasteiger partial charge in [0.25, 0.3) is 0 Å². The third-order valence-corrected chi connectivity index (χ3v) is 4.39. The van der Waals surface area contributed by atoms with Gasteiger partial charge in [-0.25, -0.2) is 0 Å². The number of amides is 1. The molecule has 0 radical (unpaired) electrons. The van der Waals surface area contributed by atoms with Crippen molar-refractivity contribution in [1.29, 1.82) is 0 Å². The second-order valence-corrected chi connectivity index (χ2v) is 6.34. The van der Waals surface area contributed by atoms with Gasteiger partial charge in [-0.1, -0.05) is 6.07 Å². The van der Waals surface area contributed by atoms with Crippen molar-refractivity contribution < 1.29 is 27.4 Å². The maximum atomic E-state index is 12.6. The van der Waals surface area contributed by atoms with Gasteiger partial charge >= 0.3 is 6.18 Å². The molecule has 0 aliphatic carbocycles. The minimum absolute atomic E-state index is 0.195. The standard InChI is InChI=1S/C19H19F3N2O3/c1-12(18(25)23-15-6-4-14(5-7-15)19(20,21)22)24(2)10-13-3-8-16-17(9-13)27-11-26-16/h3-9,12H,10-11H2,1-2H3,(H,23,25)/t12-/m0/s1. The number of benzene rings is 2. The Kier molecular flexibility index (Phi) is 5.27. The Bertz CT molecular complexity index is 822. The van der Waals surface area contributed by atoms with Crippen molar-refractivity contribution in [3.05, 3.63) is 53.6 Å². The summed E-state index contributed by atoms with van der Waals surface area (Å²) < 4.78 is 48.4. The number of nitrogens with zero attached hydrogens (tertiary/aromatic N) is 1. The summed E-state index contributed by atoms with van der Waals surface area (Å²) in [5.74, 6) is 1.05. The summed E-state index contributed by atoms with van der Waals surface area (Å²) in [4.78, 5) is 14.2. The average molecular weight is 380 g/mol. The number of hydrogen-bond acceptors (Lipinski definition) is 4. The van der Waals surface area contributed by atoms with E-state index >= 15 is 0 Å². The first-order chi connectivity index (χ1) is 12.7.